The second-order valence-corrected chi connectivity index (χ2v) is 12.5. The fourth-order valence-corrected chi connectivity index (χ4v) is 6.16. The van der Waals surface area contributed by atoms with Gasteiger partial charge in [-0.3, -0.25) is 9.48 Å². The maximum absolute atomic E-state index is 13.0. The number of carbonyl (C=O) groups excluding carboxylic acids is 1. The molecule has 2 N–H and O–H groups in total. The van der Waals surface area contributed by atoms with Crippen molar-refractivity contribution in [3.8, 4) is 17.0 Å². The number of rotatable bonds is 10. The molecule has 0 aliphatic heterocycles. The van der Waals surface area contributed by atoms with E-state index in [-0.39, 0.29) is 47.2 Å². The molecule has 0 radical (unpaired) electrons. The Balaban J connectivity index is 1.81. The smallest absolute Gasteiger partial charge is 0.391 e. The molecule has 13 heteroatoms. The van der Waals surface area contributed by atoms with Gasteiger partial charge in [0, 0.05) is 18.4 Å². The average molecular weight is 580 g/mol. The SMILES string of the molecule is COc1cc(CC(C)C(F)(F)F)ccc1-c1c(Cl)c(C(=O)NCC2CCC(S(C)(=O)=O)CC2)nn1CCO. The second kappa shape index (κ2) is 12.3. The van der Waals surface area contributed by atoms with Crippen LogP contribution in [0.4, 0.5) is 13.2 Å². The number of ether oxygens (including phenoxy) is 1. The number of methoxy groups -OCH3 is 1. The predicted molar refractivity (Wildman–Crippen MR) is 138 cm³/mol. The minimum Gasteiger partial charge on any atom is -0.496 e. The number of nitrogens with one attached hydrogen (secondary N) is 1. The van der Waals surface area contributed by atoms with Gasteiger partial charge >= 0.3 is 6.18 Å². The molecule has 1 unspecified atom stereocenters. The molecule has 1 fully saturated rings. The normalized spacial score (nSPS) is 19.3. The van der Waals surface area contributed by atoms with E-state index in [1.54, 1.807) is 12.1 Å². The van der Waals surface area contributed by atoms with E-state index in [9.17, 15) is 31.5 Å². The fourth-order valence-electron chi connectivity index (χ4n) is 4.71. The van der Waals surface area contributed by atoms with Crippen molar-refractivity contribution in [1.82, 2.24) is 15.1 Å². The van der Waals surface area contributed by atoms with Crippen molar-refractivity contribution in [1.29, 1.82) is 0 Å². The molecule has 0 saturated heterocycles. The molecule has 212 valence electrons. The van der Waals surface area contributed by atoms with E-state index >= 15 is 0 Å². The highest BCUT2D eigenvalue weighted by atomic mass is 35.5. The van der Waals surface area contributed by atoms with Crippen LogP contribution >= 0.6 is 11.6 Å². The first-order valence-corrected chi connectivity index (χ1v) is 14.7. The van der Waals surface area contributed by atoms with Crippen molar-refractivity contribution in [3.05, 3.63) is 34.5 Å². The van der Waals surface area contributed by atoms with Crippen molar-refractivity contribution in [2.75, 3.05) is 26.5 Å². The molecule has 1 atom stereocenters. The molecule has 3 rings (SSSR count). The van der Waals surface area contributed by atoms with Crippen molar-refractivity contribution < 1.29 is 36.2 Å². The molecule has 1 aliphatic rings. The van der Waals surface area contributed by atoms with Gasteiger partial charge in [0.15, 0.2) is 5.69 Å². The molecule has 2 aromatic rings. The van der Waals surface area contributed by atoms with Crippen LogP contribution in [0.1, 0.15) is 48.7 Å². The van der Waals surface area contributed by atoms with Crippen LogP contribution in [0.5, 0.6) is 5.75 Å². The van der Waals surface area contributed by atoms with Gasteiger partial charge in [-0.1, -0.05) is 24.6 Å². The molecular formula is C25H33ClF3N3O5S. The lowest BCUT2D eigenvalue weighted by molar-refractivity contribution is -0.169. The Bertz CT molecular complexity index is 1240. The van der Waals surface area contributed by atoms with Crippen LogP contribution in [-0.2, 0) is 22.8 Å². The van der Waals surface area contributed by atoms with E-state index in [1.807, 2.05) is 0 Å². The van der Waals surface area contributed by atoms with Crippen LogP contribution in [0.15, 0.2) is 18.2 Å². The van der Waals surface area contributed by atoms with Crippen molar-refractivity contribution in [2.45, 2.75) is 57.0 Å². The zero-order valence-corrected chi connectivity index (χ0v) is 23.1. The lowest BCUT2D eigenvalue weighted by Crippen LogP contribution is -2.34. The Hall–Kier alpha value is -2.31. The molecule has 1 heterocycles. The highest BCUT2D eigenvalue weighted by molar-refractivity contribution is 7.91. The van der Waals surface area contributed by atoms with Crippen LogP contribution in [-0.4, -0.2) is 67.2 Å². The number of halogens is 4. The molecule has 1 saturated carbocycles. The summed E-state index contributed by atoms with van der Waals surface area (Å²) in [5.74, 6) is -1.68. The van der Waals surface area contributed by atoms with Crippen LogP contribution in [0.25, 0.3) is 11.3 Å². The lowest BCUT2D eigenvalue weighted by Gasteiger charge is -2.27. The number of aromatic nitrogens is 2. The summed E-state index contributed by atoms with van der Waals surface area (Å²) in [6, 6.07) is 4.60. The first-order valence-electron chi connectivity index (χ1n) is 12.3. The van der Waals surface area contributed by atoms with Crippen molar-refractivity contribution >= 4 is 27.3 Å². The highest BCUT2D eigenvalue weighted by Gasteiger charge is 2.36. The van der Waals surface area contributed by atoms with E-state index in [0.717, 1.165) is 6.92 Å². The predicted octanol–water partition coefficient (Wildman–Crippen LogP) is 4.28. The van der Waals surface area contributed by atoms with Crippen molar-refractivity contribution in [2.24, 2.45) is 11.8 Å². The first-order chi connectivity index (χ1) is 17.8. The molecule has 1 aromatic heterocycles. The van der Waals surface area contributed by atoms with Crippen LogP contribution in [0.2, 0.25) is 5.02 Å². The van der Waals surface area contributed by atoms with Gasteiger partial charge in [0.1, 0.15) is 15.6 Å². The van der Waals surface area contributed by atoms with Gasteiger partial charge < -0.3 is 15.2 Å². The minimum absolute atomic E-state index is 0.0199. The number of amides is 1. The molecule has 1 aliphatic carbocycles. The highest BCUT2D eigenvalue weighted by Crippen LogP contribution is 2.38. The summed E-state index contributed by atoms with van der Waals surface area (Å²) in [6.07, 6.45) is -0.875. The van der Waals surface area contributed by atoms with Gasteiger partial charge in [0.25, 0.3) is 5.91 Å². The summed E-state index contributed by atoms with van der Waals surface area (Å²) < 4.78 is 69.4. The number of hydrogen-bond acceptors (Lipinski definition) is 6. The van der Waals surface area contributed by atoms with Gasteiger partial charge in [-0.05, 0) is 55.7 Å². The molecule has 8 nitrogen and oxygen atoms in total. The van der Waals surface area contributed by atoms with Gasteiger partial charge in [-0.25, -0.2) is 8.42 Å². The number of aliphatic hydroxyl groups excluding tert-OH is 1. The summed E-state index contributed by atoms with van der Waals surface area (Å²) in [5.41, 5.74) is 1.08. The molecule has 1 aromatic carbocycles. The minimum atomic E-state index is -4.33. The third-order valence-corrected chi connectivity index (χ3v) is 9.03. The van der Waals surface area contributed by atoms with E-state index in [1.165, 1.54) is 24.1 Å². The van der Waals surface area contributed by atoms with E-state index < -0.39 is 27.8 Å². The summed E-state index contributed by atoms with van der Waals surface area (Å²) in [6.45, 7) is 1.17. The van der Waals surface area contributed by atoms with E-state index in [0.29, 0.717) is 49.0 Å². The zero-order chi connectivity index (χ0) is 28.3. The molecule has 1 amide bonds. The summed E-state index contributed by atoms with van der Waals surface area (Å²) in [4.78, 5) is 13.0. The topological polar surface area (TPSA) is 111 Å². The fraction of sp³-hybridized carbons (Fsp3) is 0.600. The Morgan fingerprint density at radius 1 is 1.29 bits per heavy atom. The number of alkyl halides is 3. The van der Waals surface area contributed by atoms with Gasteiger partial charge in [0.05, 0.1) is 42.1 Å². The maximum atomic E-state index is 13.0. The van der Waals surface area contributed by atoms with Crippen LogP contribution < -0.4 is 10.1 Å². The maximum Gasteiger partial charge on any atom is 0.391 e. The quantitative estimate of drug-likeness (QED) is 0.435. The number of sulfone groups is 1. The van der Waals surface area contributed by atoms with Crippen molar-refractivity contribution in [3.63, 3.8) is 0 Å². The first kappa shape index (κ1) is 30.2. The van der Waals surface area contributed by atoms with Gasteiger partial charge in [0.2, 0.25) is 0 Å². The van der Waals surface area contributed by atoms with Gasteiger partial charge in [-0.15, -0.1) is 0 Å². The van der Waals surface area contributed by atoms with E-state index in [4.69, 9.17) is 16.3 Å². The Kier molecular flexibility index (Phi) is 9.75. The van der Waals surface area contributed by atoms with Gasteiger partial charge in [-0.2, -0.15) is 18.3 Å². The summed E-state index contributed by atoms with van der Waals surface area (Å²) in [7, 11) is -1.70. The van der Waals surface area contributed by atoms with E-state index in [2.05, 4.69) is 10.4 Å². The standard InChI is InChI=1S/C25H33ClF3N3O5S/c1-15(25(27,28)29)12-17-6-9-19(20(13-17)37-2)23-21(26)22(31-32(23)10-11-33)24(34)30-14-16-4-7-18(8-5-16)38(3,35)36/h6,9,13,15-16,18,33H,4-5,7-8,10-12,14H2,1-3H3,(H,30,34). The molecule has 0 spiro atoms. The monoisotopic (exact) mass is 579 g/mol. The zero-order valence-electron chi connectivity index (χ0n) is 21.5. The molecule has 38 heavy (non-hydrogen) atoms. The largest absolute Gasteiger partial charge is 0.496 e. The summed E-state index contributed by atoms with van der Waals surface area (Å²) >= 11 is 6.60. The summed E-state index contributed by atoms with van der Waals surface area (Å²) in [5, 5.41) is 16.3. The Morgan fingerprint density at radius 2 is 1.95 bits per heavy atom. The third-order valence-electron chi connectivity index (χ3n) is 6.99. The van der Waals surface area contributed by atoms with Crippen LogP contribution in [0.3, 0.4) is 0 Å². The average Bonchev–Trinajstić information content (AvgIpc) is 3.17. The Labute approximate surface area is 225 Å². The molecule has 0 bridgehead atoms. The number of hydrogen-bond donors (Lipinski definition) is 2. The lowest BCUT2D eigenvalue weighted by atomic mass is 9.89. The number of carbonyl (C=O) groups is 1. The Morgan fingerprint density at radius 3 is 2.50 bits per heavy atom. The number of aliphatic hydroxyl groups is 1. The third kappa shape index (κ3) is 7.20. The second-order valence-electron chi connectivity index (χ2n) is 9.82. The number of benzene rings is 1. The van der Waals surface area contributed by atoms with Crippen LogP contribution in [0, 0.1) is 11.8 Å². The molecular weight excluding hydrogens is 547 g/mol. The number of nitrogens with zero attached hydrogens (tertiary/aromatic N) is 2.